The van der Waals surface area contributed by atoms with Gasteiger partial charge in [-0.3, -0.25) is 4.90 Å². The van der Waals surface area contributed by atoms with Crippen LogP contribution in [0.2, 0.25) is 0 Å². The molecule has 1 aliphatic heterocycles. The molecular formula is C14H25NO2. The molecule has 3 rings (SSSR count). The molecular weight excluding hydrogens is 214 g/mol. The van der Waals surface area contributed by atoms with Crippen molar-refractivity contribution in [3.63, 3.8) is 0 Å². The van der Waals surface area contributed by atoms with E-state index < -0.39 is 0 Å². The molecule has 98 valence electrons. The van der Waals surface area contributed by atoms with Gasteiger partial charge in [0.2, 0.25) is 0 Å². The average Bonchev–Trinajstić information content (AvgIpc) is 2.62. The third kappa shape index (κ3) is 1.39. The lowest BCUT2D eigenvalue weighted by Crippen LogP contribution is -2.53. The summed E-state index contributed by atoms with van der Waals surface area (Å²) in [6, 6.07) is 0.368. The summed E-state index contributed by atoms with van der Waals surface area (Å²) in [6.07, 6.45) is 2.31. The molecule has 2 aliphatic carbocycles. The summed E-state index contributed by atoms with van der Waals surface area (Å²) >= 11 is 0. The first kappa shape index (κ1) is 11.9. The monoisotopic (exact) mass is 239 g/mol. The number of hydrogen-bond donors (Lipinski definition) is 1. The first-order valence-corrected chi connectivity index (χ1v) is 6.98. The minimum Gasteiger partial charge on any atom is -0.391 e. The summed E-state index contributed by atoms with van der Waals surface area (Å²) in [5.74, 6) is 0.653. The molecule has 1 N–H and O–H groups in total. The van der Waals surface area contributed by atoms with Gasteiger partial charge >= 0.3 is 0 Å². The molecule has 1 saturated heterocycles. The highest BCUT2D eigenvalue weighted by molar-refractivity contribution is 5.17. The molecule has 3 nitrogen and oxygen atoms in total. The predicted octanol–water partition coefficient (Wildman–Crippen LogP) is 1.50. The van der Waals surface area contributed by atoms with Crippen LogP contribution in [0.3, 0.4) is 0 Å². The lowest BCUT2D eigenvalue weighted by atomic mass is 9.70. The highest BCUT2D eigenvalue weighted by atomic mass is 16.5. The largest absolute Gasteiger partial charge is 0.391 e. The van der Waals surface area contributed by atoms with Gasteiger partial charge in [0.15, 0.2) is 0 Å². The Morgan fingerprint density at radius 3 is 2.35 bits per heavy atom. The second kappa shape index (κ2) is 3.69. The Morgan fingerprint density at radius 1 is 1.18 bits per heavy atom. The highest BCUT2D eigenvalue weighted by Gasteiger charge is 2.66. The van der Waals surface area contributed by atoms with Crippen LogP contribution >= 0.6 is 0 Å². The number of rotatable bonds is 1. The molecule has 2 saturated carbocycles. The van der Waals surface area contributed by atoms with Crippen LogP contribution in [0.5, 0.6) is 0 Å². The van der Waals surface area contributed by atoms with Gasteiger partial charge in [0, 0.05) is 24.5 Å². The van der Waals surface area contributed by atoms with E-state index in [0.29, 0.717) is 12.0 Å². The van der Waals surface area contributed by atoms with E-state index in [1.807, 2.05) is 0 Å². The van der Waals surface area contributed by atoms with Crippen LogP contribution in [-0.4, -0.2) is 48.5 Å². The molecule has 17 heavy (non-hydrogen) atoms. The number of aliphatic hydroxyl groups excluding tert-OH is 1. The Balaban J connectivity index is 1.88. The third-order valence-electron chi connectivity index (χ3n) is 6.23. The maximum atomic E-state index is 10.7. The summed E-state index contributed by atoms with van der Waals surface area (Å²) in [5, 5.41) is 10.7. The summed E-state index contributed by atoms with van der Waals surface area (Å²) in [7, 11) is 0. The quantitative estimate of drug-likeness (QED) is 0.753. The number of hydrogen-bond acceptors (Lipinski definition) is 3. The summed E-state index contributed by atoms with van der Waals surface area (Å²) in [6.45, 7) is 10.6. The summed E-state index contributed by atoms with van der Waals surface area (Å²) in [4.78, 5) is 2.48. The Hall–Kier alpha value is -0.120. The molecule has 4 atom stereocenters. The van der Waals surface area contributed by atoms with Crippen molar-refractivity contribution in [2.24, 2.45) is 16.7 Å². The molecule has 0 aromatic carbocycles. The number of fused-ring (bicyclic) bond motifs is 2. The van der Waals surface area contributed by atoms with Crippen molar-refractivity contribution in [1.82, 2.24) is 4.90 Å². The van der Waals surface area contributed by atoms with Crippen molar-refractivity contribution in [3.8, 4) is 0 Å². The fourth-order valence-corrected chi connectivity index (χ4v) is 4.62. The van der Waals surface area contributed by atoms with Crippen molar-refractivity contribution in [2.45, 2.75) is 45.8 Å². The van der Waals surface area contributed by atoms with Crippen LogP contribution in [0.1, 0.15) is 33.6 Å². The van der Waals surface area contributed by atoms with Crippen LogP contribution in [0, 0.1) is 16.7 Å². The van der Waals surface area contributed by atoms with Crippen molar-refractivity contribution in [1.29, 1.82) is 0 Å². The summed E-state index contributed by atoms with van der Waals surface area (Å²) in [5.41, 5.74) is 0.385. The van der Waals surface area contributed by atoms with E-state index in [-0.39, 0.29) is 16.9 Å². The Morgan fingerprint density at radius 2 is 1.82 bits per heavy atom. The lowest BCUT2D eigenvalue weighted by molar-refractivity contribution is -0.0596. The van der Waals surface area contributed by atoms with Gasteiger partial charge in [-0.1, -0.05) is 20.8 Å². The molecule has 0 spiro atoms. The first-order chi connectivity index (χ1) is 7.98. The van der Waals surface area contributed by atoms with Crippen molar-refractivity contribution < 1.29 is 9.84 Å². The molecule has 1 unspecified atom stereocenters. The zero-order valence-electron chi connectivity index (χ0n) is 11.3. The molecule has 0 amide bonds. The second-order valence-electron chi connectivity index (χ2n) is 6.87. The Bertz CT molecular complexity index is 311. The maximum Gasteiger partial charge on any atom is 0.0756 e. The standard InChI is InChI=1S/C14H25NO2/c1-13(2)10-4-5-14(13,3)12(16)11(10)15-6-8-17-9-7-15/h10-12,16H,4-9H2,1-3H3/t10-,11?,12-,14+/m1/s1. The van der Waals surface area contributed by atoms with Gasteiger partial charge in [0.05, 0.1) is 19.3 Å². The first-order valence-electron chi connectivity index (χ1n) is 6.98. The van der Waals surface area contributed by atoms with Crippen molar-refractivity contribution >= 4 is 0 Å². The normalized spacial score (nSPS) is 49.8. The Kier molecular flexibility index (Phi) is 2.59. The van der Waals surface area contributed by atoms with Gasteiger partial charge in [-0.15, -0.1) is 0 Å². The van der Waals surface area contributed by atoms with E-state index in [2.05, 4.69) is 25.7 Å². The van der Waals surface area contributed by atoms with Gasteiger partial charge in [-0.25, -0.2) is 0 Å². The predicted molar refractivity (Wildman–Crippen MR) is 66.8 cm³/mol. The van der Waals surface area contributed by atoms with Gasteiger partial charge in [-0.05, 0) is 24.2 Å². The van der Waals surface area contributed by atoms with Crippen molar-refractivity contribution in [3.05, 3.63) is 0 Å². The van der Waals surface area contributed by atoms with E-state index in [1.54, 1.807) is 0 Å². The minimum absolute atomic E-state index is 0.112. The van der Waals surface area contributed by atoms with Crippen LogP contribution in [-0.2, 0) is 4.74 Å². The fraction of sp³-hybridized carbons (Fsp3) is 1.00. The van der Waals surface area contributed by atoms with E-state index in [4.69, 9.17) is 4.74 Å². The van der Waals surface area contributed by atoms with E-state index in [1.165, 1.54) is 12.8 Å². The zero-order chi connectivity index (χ0) is 12.3. The zero-order valence-corrected chi connectivity index (χ0v) is 11.3. The van der Waals surface area contributed by atoms with E-state index in [9.17, 15) is 5.11 Å². The molecule has 0 radical (unpaired) electrons. The topological polar surface area (TPSA) is 32.7 Å². The van der Waals surface area contributed by atoms with Crippen LogP contribution < -0.4 is 0 Å². The number of nitrogens with zero attached hydrogens (tertiary/aromatic N) is 1. The van der Waals surface area contributed by atoms with Gasteiger partial charge in [-0.2, -0.15) is 0 Å². The molecule has 1 heterocycles. The highest BCUT2D eigenvalue weighted by Crippen LogP contribution is 2.66. The Labute approximate surface area is 104 Å². The smallest absolute Gasteiger partial charge is 0.0756 e. The molecule has 0 aromatic heterocycles. The van der Waals surface area contributed by atoms with E-state index in [0.717, 1.165) is 26.3 Å². The van der Waals surface area contributed by atoms with Gasteiger partial charge in [0.25, 0.3) is 0 Å². The maximum absolute atomic E-state index is 10.7. The molecule has 0 aromatic rings. The SMILES string of the molecule is CC1(C)[C@@H]2CC[C@@]1(C)[C@H](O)C2N1CCOCC1. The molecule has 3 fully saturated rings. The number of aliphatic hydroxyl groups is 1. The number of ether oxygens (including phenoxy) is 1. The lowest BCUT2D eigenvalue weighted by Gasteiger charge is -2.41. The molecule has 3 heteroatoms. The number of morpholine rings is 1. The molecule has 2 bridgehead atoms. The van der Waals surface area contributed by atoms with E-state index >= 15 is 0 Å². The minimum atomic E-state index is -0.158. The second-order valence-corrected chi connectivity index (χ2v) is 6.87. The van der Waals surface area contributed by atoms with Crippen molar-refractivity contribution in [2.75, 3.05) is 26.3 Å². The van der Waals surface area contributed by atoms with Crippen LogP contribution in [0.15, 0.2) is 0 Å². The van der Waals surface area contributed by atoms with Gasteiger partial charge in [0.1, 0.15) is 0 Å². The third-order valence-corrected chi connectivity index (χ3v) is 6.23. The van der Waals surface area contributed by atoms with Gasteiger partial charge < -0.3 is 9.84 Å². The average molecular weight is 239 g/mol. The fourth-order valence-electron chi connectivity index (χ4n) is 4.62. The van der Waals surface area contributed by atoms with Crippen LogP contribution in [0.4, 0.5) is 0 Å². The van der Waals surface area contributed by atoms with Crippen LogP contribution in [0.25, 0.3) is 0 Å². The molecule has 3 aliphatic rings. The summed E-state index contributed by atoms with van der Waals surface area (Å²) < 4.78 is 5.43.